The summed E-state index contributed by atoms with van der Waals surface area (Å²) in [6.45, 7) is 0. The van der Waals surface area contributed by atoms with Crippen molar-refractivity contribution in [3.63, 3.8) is 0 Å². The molecule has 0 saturated carbocycles. The number of hydrogen-bond donors (Lipinski definition) is 1. The Bertz CT molecular complexity index is 628. The number of hydrogen-bond acceptors (Lipinski definition) is 2. The number of halogens is 3. The van der Waals surface area contributed by atoms with Gasteiger partial charge in [0.1, 0.15) is 0 Å². The van der Waals surface area contributed by atoms with E-state index in [2.05, 4.69) is 0 Å². The Morgan fingerprint density at radius 2 is 1.83 bits per heavy atom. The monoisotopic (exact) mass is 267 g/mol. The highest BCUT2D eigenvalue weighted by molar-refractivity contribution is 6.31. The van der Waals surface area contributed by atoms with E-state index in [4.69, 9.17) is 17.3 Å². The molecule has 2 aromatic carbocycles. The summed E-state index contributed by atoms with van der Waals surface area (Å²) >= 11 is 5.70. The third-order valence-electron chi connectivity index (χ3n) is 2.45. The lowest BCUT2D eigenvalue weighted by atomic mass is 10.0. The van der Waals surface area contributed by atoms with Crippen LogP contribution in [-0.4, -0.2) is 5.78 Å². The van der Waals surface area contributed by atoms with Crippen molar-refractivity contribution in [2.45, 2.75) is 0 Å². The van der Waals surface area contributed by atoms with Crippen LogP contribution in [0.25, 0.3) is 0 Å². The summed E-state index contributed by atoms with van der Waals surface area (Å²) < 4.78 is 26.5. The van der Waals surface area contributed by atoms with Crippen molar-refractivity contribution >= 4 is 23.1 Å². The maximum absolute atomic E-state index is 13.5. The molecule has 0 aliphatic carbocycles. The fraction of sp³-hybridized carbons (Fsp3) is 0. The molecule has 0 saturated heterocycles. The first-order valence-electron chi connectivity index (χ1n) is 5.04. The van der Waals surface area contributed by atoms with Gasteiger partial charge in [-0.3, -0.25) is 4.79 Å². The lowest BCUT2D eigenvalue weighted by molar-refractivity contribution is 0.103. The number of rotatable bonds is 2. The summed E-state index contributed by atoms with van der Waals surface area (Å²) in [6.07, 6.45) is 0. The third-order valence-corrected chi connectivity index (χ3v) is 2.69. The normalized spacial score (nSPS) is 10.4. The Kier molecular flexibility index (Phi) is 3.30. The molecule has 5 heteroatoms. The van der Waals surface area contributed by atoms with Gasteiger partial charge in [-0.15, -0.1) is 0 Å². The van der Waals surface area contributed by atoms with E-state index in [0.29, 0.717) is 5.02 Å². The van der Waals surface area contributed by atoms with Crippen LogP contribution < -0.4 is 5.73 Å². The van der Waals surface area contributed by atoms with E-state index in [1.807, 2.05) is 0 Å². The molecule has 0 atom stereocenters. The summed E-state index contributed by atoms with van der Waals surface area (Å²) in [4.78, 5) is 12.0. The zero-order chi connectivity index (χ0) is 13.3. The van der Waals surface area contributed by atoms with Gasteiger partial charge in [0.15, 0.2) is 17.4 Å². The molecule has 2 aromatic rings. The minimum absolute atomic E-state index is 0.0869. The first-order valence-corrected chi connectivity index (χ1v) is 5.42. The van der Waals surface area contributed by atoms with Crippen molar-refractivity contribution in [3.05, 3.63) is 64.2 Å². The van der Waals surface area contributed by atoms with Gasteiger partial charge in [-0.25, -0.2) is 8.78 Å². The second kappa shape index (κ2) is 4.74. The number of ketones is 1. The molecule has 18 heavy (non-hydrogen) atoms. The third kappa shape index (κ3) is 2.19. The van der Waals surface area contributed by atoms with Crippen LogP contribution in [0, 0.1) is 11.6 Å². The first-order chi connectivity index (χ1) is 8.50. The fourth-order valence-electron chi connectivity index (χ4n) is 1.56. The van der Waals surface area contributed by atoms with Gasteiger partial charge in [-0.2, -0.15) is 0 Å². The van der Waals surface area contributed by atoms with Crippen LogP contribution in [-0.2, 0) is 0 Å². The van der Waals surface area contributed by atoms with Crippen molar-refractivity contribution < 1.29 is 13.6 Å². The van der Waals surface area contributed by atoms with Gasteiger partial charge in [0.2, 0.25) is 0 Å². The molecule has 2 N–H and O–H groups in total. The zero-order valence-electron chi connectivity index (χ0n) is 9.08. The Hall–Kier alpha value is -1.94. The topological polar surface area (TPSA) is 43.1 Å². The molecule has 0 fully saturated rings. The minimum Gasteiger partial charge on any atom is -0.398 e. The molecule has 0 aliphatic rings. The van der Waals surface area contributed by atoms with Crippen molar-refractivity contribution in [1.82, 2.24) is 0 Å². The molecule has 0 radical (unpaired) electrons. The molecule has 0 aliphatic heterocycles. The van der Waals surface area contributed by atoms with Crippen molar-refractivity contribution in [1.29, 1.82) is 0 Å². The zero-order valence-corrected chi connectivity index (χ0v) is 9.84. The molecule has 0 aromatic heterocycles. The van der Waals surface area contributed by atoms with Crippen LogP contribution in [0.3, 0.4) is 0 Å². The van der Waals surface area contributed by atoms with E-state index >= 15 is 0 Å². The van der Waals surface area contributed by atoms with E-state index in [1.165, 1.54) is 30.3 Å². The molecule has 0 unspecified atom stereocenters. The van der Waals surface area contributed by atoms with E-state index in [0.717, 1.165) is 6.07 Å². The standard InChI is InChI=1S/C13H8ClF2NO/c14-7-4-5-8(11(17)6-7)13(18)9-2-1-3-10(15)12(9)16/h1-6H,17H2. The van der Waals surface area contributed by atoms with Crippen molar-refractivity contribution in [2.24, 2.45) is 0 Å². The Morgan fingerprint density at radius 3 is 2.50 bits per heavy atom. The van der Waals surface area contributed by atoms with Crippen LogP contribution in [0.15, 0.2) is 36.4 Å². The molecular formula is C13H8ClF2NO. The Morgan fingerprint density at radius 1 is 1.11 bits per heavy atom. The summed E-state index contributed by atoms with van der Waals surface area (Å²) in [7, 11) is 0. The van der Waals surface area contributed by atoms with Crippen LogP contribution in [0.2, 0.25) is 5.02 Å². The average molecular weight is 268 g/mol. The van der Waals surface area contributed by atoms with Gasteiger partial charge in [0.05, 0.1) is 5.56 Å². The first kappa shape index (κ1) is 12.5. The quantitative estimate of drug-likeness (QED) is 0.669. The summed E-state index contributed by atoms with van der Waals surface area (Å²) in [5, 5.41) is 0.365. The molecule has 0 heterocycles. The smallest absolute Gasteiger partial charge is 0.198 e. The molecule has 92 valence electrons. The lowest BCUT2D eigenvalue weighted by Gasteiger charge is -2.06. The fourth-order valence-corrected chi connectivity index (χ4v) is 1.75. The lowest BCUT2D eigenvalue weighted by Crippen LogP contribution is -2.08. The second-order valence-electron chi connectivity index (χ2n) is 3.66. The Balaban J connectivity index is 2.51. The molecular weight excluding hydrogens is 260 g/mol. The van der Waals surface area contributed by atoms with Gasteiger partial charge < -0.3 is 5.73 Å². The van der Waals surface area contributed by atoms with Crippen LogP contribution in [0.1, 0.15) is 15.9 Å². The Labute approximate surface area is 107 Å². The minimum atomic E-state index is -1.18. The molecule has 2 nitrogen and oxygen atoms in total. The SMILES string of the molecule is Nc1cc(Cl)ccc1C(=O)c1cccc(F)c1F. The van der Waals surface area contributed by atoms with Crippen molar-refractivity contribution in [2.75, 3.05) is 5.73 Å². The average Bonchev–Trinajstić information content (AvgIpc) is 2.32. The van der Waals surface area contributed by atoms with Gasteiger partial charge in [-0.1, -0.05) is 17.7 Å². The number of carbonyl (C=O) groups excluding carboxylic acids is 1. The van der Waals surface area contributed by atoms with E-state index in [9.17, 15) is 13.6 Å². The van der Waals surface area contributed by atoms with E-state index in [1.54, 1.807) is 0 Å². The summed E-state index contributed by atoms with van der Waals surface area (Å²) in [5.41, 5.74) is 5.48. The number of carbonyl (C=O) groups is 1. The van der Waals surface area contributed by atoms with Gasteiger partial charge in [0.25, 0.3) is 0 Å². The van der Waals surface area contributed by atoms with E-state index < -0.39 is 17.4 Å². The number of benzene rings is 2. The predicted molar refractivity (Wildman–Crippen MR) is 65.7 cm³/mol. The van der Waals surface area contributed by atoms with Crippen molar-refractivity contribution in [3.8, 4) is 0 Å². The molecule has 0 bridgehead atoms. The highest BCUT2D eigenvalue weighted by Gasteiger charge is 2.18. The highest BCUT2D eigenvalue weighted by Crippen LogP contribution is 2.22. The number of anilines is 1. The maximum atomic E-state index is 13.5. The van der Waals surface area contributed by atoms with Gasteiger partial charge in [0, 0.05) is 16.3 Å². The maximum Gasteiger partial charge on any atom is 0.198 e. The summed E-state index contributed by atoms with van der Waals surface area (Å²) in [5.74, 6) is -2.94. The van der Waals surface area contributed by atoms with Gasteiger partial charge >= 0.3 is 0 Å². The number of nitrogen functional groups attached to an aromatic ring is 1. The number of nitrogens with two attached hydrogens (primary N) is 1. The summed E-state index contributed by atoms with van der Waals surface area (Å²) in [6, 6.07) is 7.63. The highest BCUT2D eigenvalue weighted by atomic mass is 35.5. The van der Waals surface area contributed by atoms with Crippen LogP contribution >= 0.6 is 11.6 Å². The predicted octanol–water partition coefficient (Wildman–Crippen LogP) is 3.43. The van der Waals surface area contributed by atoms with Gasteiger partial charge in [-0.05, 0) is 30.3 Å². The largest absolute Gasteiger partial charge is 0.398 e. The molecule has 2 rings (SSSR count). The van der Waals surface area contributed by atoms with Crippen LogP contribution in [0.5, 0.6) is 0 Å². The molecule has 0 amide bonds. The van der Waals surface area contributed by atoms with Crippen LogP contribution in [0.4, 0.5) is 14.5 Å². The molecule has 0 spiro atoms. The second-order valence-corrected chi connectivity index (χ2v) is 4.10. The van der Waals surface area contributed by atoms with E-state index in [-0.39, 0.29) is 16.8 Å².